The summed E-state index contributed by atoms with van der Waals surface area (Å²) in [6, 6.07) is -1.14. The van der Waals surface area contributed by atoms with Gasteiger partial charge in [0.15, 0.2) is 0 Å². The molecular weight excluding hydrogens is 452 g/mol. The Morgan fingerprint density at radius 2 is 2.09 bits per heavy atom. The van der Waals surface area contributed by atoms with Crippen LogP contribution in [0.1, 0.15) is 66.2 Å². The van der Waals surface area contributed by atoms with Gasteiger partial charge in [-0.15, -0.1) is 18.3 Å². The molecule has 7 nitrogen and oxygen atoms in total. The molecule has 6 atom stereocenters. The topological polar surface area (TPSA) is 87.2 Å². The molecular formula is C26H42N2O5S. The second-order valence-electron chi connectivity index (χ2n) is 10.3. The molecule has 3 rings (SSSR count). The van der Waals surface area contributed by atoms with Crippen LogP contribution in [-0.2, 0) is 19.1 Å². The minimum Gasteiger partial charge on any atom is -0.466 e. The molecule has 34 heavy (non-hydrogen) atoms. The zero-order chi connectivity index (χ0) is 25.0. The molecule has 0 aromatic heterocycles. The fraction of sp³-hybridized carbons (Fsp3) is 0.808. The van der Waals surface area contributed by atoms with Crippen molar-refractivity contribution in [1.82, 2.24) is 9.80 Å². The Balaban J connectivity index is 2.04. The van der Waals surface area contributed by atoms with E-state index in [-0.39, 0.29) is 42.2 Å². The minimum absolute atomic E-state index is 0.00364. The third-order valence-electron chi connectivity index (χ3n) is 7.57. The predicted octanol–water partition coefficient (Wildman–Crippen LogP) is 3.25. The smallest absolute Gasteiger partial charge is 0.310 e. The van der Waals surface area contributed by atoms with Gasteiger partial charge in [0.1, 0.15) is 6.04 Å². The molecule has 3 aliphatic heterocycles. The number of aliphatic hydroxyl groups is 1. The summed E-state index contributed by atoms with van der Waals surface area (Å²) in [7, 11) is 0. The van der Waals surface area contributed by atoms with Crippen LogP contribution in [0.3, 0.4) is 0 Å². The van der Waals surface area contributed by atoms with Gasteiger partial charge in [-0.3, -0.25) is 14.4 Å². The molecule has 2 unspecified atom stereocenters. The van der Waals surface area contributed by atoms with Crippen molar-refractivity contribution in [1.29, 1.82) is 0 Å². The average molecular weight is 495 g/mol. The molecule has 3 saturated heterocycles. The lowest BCUT2D eigenvalue weighted by atomic mass is 9.71. The van der Waals surface area contributed by atoms with E-state index in [0.29, 0.717) is 19.5 Å². The first-order valence-electron chi connectivity index (χ1n) is 12.9. The number of unbranched alkanes of at least 4 members (excludes halogenated alkanes) is 2. The van der Waals surface area contributed by atoms with E-state index < -0.39 is 28.7 Å². The maximum Gasteiger partial charge on any atom is 0.310 e. The number of amides is 2. The number of thioether (sulfide) groups is 1. The Morgan fingerprint density at radius 1 is 1.35 bits per heavy atom. The standard InChI is InChI=1S/C26H42N2O5S/c1-6-9-10-14-27(13-7-2)24(31)22-26-12-11-19(34-26)20(25(32)33-8-3)21(26)23(30)28(22)18(16-29)15-17(4)5/h7,17-22,29H,2,6,8-16H2,1,3-5H3/t18-,19+,20-,21+,22?,26?/m1/s1. The van der Waals surface area contributed by atoms with Crippen molar-refractivity contribution in [3.8, 4) is 0 Å². The van der Waals surface area contributed by atoms with Crippen molar-refractivity contribution in [3.63, 3.8) is 0 Å². The molecule has 1 spiro atoms. The third-order valence-corrected chi connectivity index (χ3v) is 9.52. The molecule has 0 radical (unpaired) electrons. The van der Waals surface area contributed by atoms with E-state index in [1.54, 1.807) is 29.7 Å². The molecule has 3 heterocycles. The van der Waals surface area contributed by atoms with Gasteiger partial charge in [0.2, 0.25) is 11.8 Å². The average Bonchev–Trinajstić information content (AvgIpc) is 3.44. The van der Waals surface area contributed by atoms with Crippen molar-refractivity contribution in [2.24, 2.45) is 17.8 Å². The number of hydrogen-bond acceptors (Lipinski definition) is 6. The second kappa shape index (κ2) is 11.5. The Hall–Kier alpha value is -1.54. The lowest BCUT2D eigenvalue weighted by molar-refractivity contribution is -0.154. The van der Waals surface area contributed by atoms with Gasteiger partial charge in [-0.25, -0.2) is 0 Å². The lowest BCUT2D eigenvalue weighted by Gasteiger charge is -2.40. The Kier molecular flexibility index (Phi) is 9.12. The van der Waals surface area contributed by atoms with Gasteiger partial charge in [-0.2, -0.15) is 0 Å². The summed E-state index contributed by atoms with van der Waals surface area (Å²) >= 11 is 1.65. The highest BCUT2D eigenvalue weighted by Gasteiger charge is 2.74. The van der Waals surface area contributed by atoms with E-state index in [4.69, 9.17) is 4.74 Å². The van der Waals surface area contributed by atoms with Crippen LogP contribution in [0, 0.1) is 17.8 Å². The molecule has 0 aromatic carbocycles. The Bertz CT molecular complexity index is 774. The molecule has 0 aliphatic carbocycles. The number of carbonyl (C=O) groups is 3. The van der Waals surface area contributed by atoms with Crippen LogP contribution in [0.2, 0.25) is 0 Å². The van der Waals surface area contributed by atoms with Gasteiger partial charge >= 0.3 is 5.97 Å². The van der Waals surface area contributed by atoms with E-state index in [0.717, 1.165) is 32.1 Å². The number of likely N-dealkylation sites (tertiary alicyclic amines) is 1. The predicted molar refractivity (Wildman–Crippen MR) is 134 cm³/mol. The molecule has 3 aliphatic rings. The van der Waals surface area contributed by atoms with Crippen LogP contribution in [0.4, 0.5) is 0 Å². The molecule has 192 valence electrons. The van der Waals surface area contributed by atoms with Crippen molar-refractivity contribution in [2.75, 3.05) is 26.3 Å². The lowest BCUT2D eigenvalue weighted by Crippen LogP contribution is -2.57. The first-order valence-corrected chi connectivity index (χ1v) is 13.8. The van der Waals surface area contributed by atoms with Crippen LogP contribution in [0.25, 0.3) is 0 Å². The van der Waals surface area contributed by atoms with Crippen LogP contribution in [0.5, 0.6) is 0 Å². The highest BCUT2D eigenvalue weighted by molar-refractivity contribution is 8.02. The van der Waals surface area contributed by atoms with Gasteiger partial charge < -0.3 is 19.6 Å². The monoisotopic (exact) mass is 494 g/mol. The summed E-state index contributed by atoms with van der Waals surface area (Å²) in [6.45, 7) is 13.0. The highest BCUT2D eigenvalue weighted by Crippen LogP contribution is 2.67. The summed E-state index contributed by atoms with van der Waals surface area (Å²) in [5, 5.41) is 10.3. The number of hydrogen-bond donors (Lipinski definition) is 1. The van der Waals surface area contributed by atoms with E-state index >= 15 is 0 Å². The minimum atomic E-state index is -0.683. The number of esters is 1. The number of carbonyl (C=O) groups excluding carboxylic acids is 3. The summed E-state index contributed by atoms with van der Waals surface area (Å²) in [5.41, 5.74) is 0. The van der Waals surface area contributed by atoms with Crippen molar-refractivity contribution in [2.45, 2.75) is 88.3 Å². The molecule has 2 amide bonds. The van der Waals surface area contributed by atoms with Crippen LogP contribution >= 0.6 is 11.8 Å². The summed E-state index contributed by atoms with van der Waals surface area (Å²) in [6.07, 6.45) is 6.82. The van der Waals surface area contributed by atoms with Gasteiger partial charge in [-0.1, -0.05) is 39.7 Å². The molecule has 0 saturated carbocycles. The number of aliphatic hydroxyl groups excluding tert-OH is 1. The van der Waals surface area contributed by atoms with Crippen molar-refractivity contribution in [3.05, 3.63) is 12.7 Å². The zero-order valence-corrected chi connectivity index (χ0v) is 22.0. The maximum atomic E-state index is 14.2. The van der Waals surface area contributed by atoms with Gasteiger partial charge in [-0.05, 0) is 38.5 Å². The third kappa shape index (κ3) is 4.77. The normalized spacial score (nSPS) is 30.5. The number of fused-ring (bicyclic) bond motifs is 1. The number of rotatable bonds is 13. The first kappa shape index (κ1) is 27.1. The van der Waals surface area contributed by atoms with Gasteiger partial charge in [0.25, 0.3) is 0 Å². The fourth-order valence-corrected chi connectivity index (χ4v) is 8.45. The van der Waals surface area contributed by atoms with Gasteiger partial charge in [0, 0.05) is 18.3 Å². The van der Waals surface area contributed by atoms with Crippen molar-refractivity contribution < 1.29 is 24.2 Å². The Labute approximate surface area is 208 Å². The van der Waals surface area contributed by atoms with Crippen molar-refractivity contribution >= 4 is 29.5 Å². The van der Waals surface area contributed by atoms with E-state index in [9.17, 15) is 19.5 Å². The fourth-order valence-electron chi connectivity index (χ4n) is 6.26. The van der Waals surface area contributed by atoms with Gasteiger partial charge in [0.05, 0.1) is 35.8 Å². The summed E-state index contributed by atoms with van der Waals surface area (Å²) in [4.78, 5) is 44.7. The maximum absolute atomic E-state index is 14.2. The molecule has 2 bridgehead atoms. The number of ether oxygens (including phenoxy) is 1. The largest absolute Gasteiger partial charge is 0.466 e. The van der Waals surface area contributed by atoms with Crippen LogP contribution < -0.4 is 0 Å². The summed E-state index contributed by atoms with van der Waals surface area (Å²) < 4.78 is 4.74. The quantitative estimate of drug-likeness (QED) is 0.240. The first-order chi connectivity index (χ1) is 16.3. The second-order valence-corrected chi connectivity index (χ2v) is 11.9. The highest BCUT2D eigenvalue weighted by atomic mass is 32.2. The molecule has 1 N–H and O–H groups in total. The molecule has 8 heteroatoms. The van der Waals surface area contributed by atoms with Crippen LogP contribution in [-0.4, -0.2) is 81.1 Å². The molecule has 0 aromatic rings. The van der Waals surface area contributed by atoms with E-state index in [1.165, 1.54) is 0 Å². The van der Waals surface area contributed by atoms with Crippen LogP contribution in [0.15, 0.2) is 12.7 Å². The number of nitrogens with zero attached hydrogens (tertiary/aromatic N) is 2. The zero-order valence-electron chi connectivity index (χ0n) is 21.2. The van der Waals surface area contributed by atoms with E-state index in [2.05, 4.69) is 27.4 Å². The Morgan fingerprint density at radius 3 is 2.68 bits per heavy atom. The summed E-state index contributed by atoms with van der Waals surface area (Å²) in [5.74, 6) is -1.44. The van der Waals surface area contributed by atoms with E-state index in [1.807, 2.05) is 4.90 Å². The molecule has 3 fully saturated rings. The SMILES string of the molecule is C=CCN(CCCCC)C(=O)C1N([C@@H](CO)CC(C)C)C(=O)[C@@H]2[C@H](C(=O)OCC)[C@@H]3CCC12S3.